The summed E-state index contributed by atoms with van der Waals surface area (Å²) in [5.41, 5.74) is 8.14. The van der Waals surface area contributed by atoms with E-state index >= 15 is 0 Å². The summed E-state index contributed by atoms with van der Waals surface area (Å²) in [6.07, 6.45) is 2.88. The Morgan fingerprint density at radius 2 is 2.16 bits per heavy atom. The third-order valence-electron chi connectivity index (χ3n) is 3.00. The maximum absolute atomic E-state index is 11.9. The van der Waals surface area contributed by atoms with Crippen LogP contribution in [0.1, 0.15) is 21.5 Å². The molecular weight excluding hydrogens is 242 g/mol. The van der Waals surface area contributed by atoms with Crippen LogP contribution < -0.4 is 16.5 Å². The smallest absolute Gasteiger partial charge is 0.257 e. The summed E-state index contributed by atoms with van der Waals surface area (Å²) < 4.78 is 0. The number of carbonyl (C=O) groups excluding carboxylic acids is 1. The molecule has 2 aromatic rings. The van der Waals surface area contributed by atoms with E-state index in [9.17, 15) is 9.59 Å². The largest absolute Gasteiger partial charge is 0.399 e. The van der Waals surface area contributed by atoms with Gasteiger partial charge in [0.15, 0.2) is 5.43 Å². The van der Waals surface area contributed by atoms with Gasteiger partial charge >= 0.3 is 0 Å². The number of nitrogens with two attached hydrogens (primary N) is 1. The van der Waals surface area contributed by atoms with Crippen molar-refractivity contribution < 1.29 is 4.79 Å². The number of nitrogens with one attached hydrogen (secondary N) is 2. The molecule has 0 unspecified atom stereocenters. The van der Waals surface area contributed by atoms with E-state index < -0.39 is 5.91 Å². The molecule has 4 N–H and O–H groups in total. The molecule has 19 heavy (non-hydrogen) atoms. The topological polar surface area (TPSA) is 88.0 Å². The van der Waals surface area contributed by atoms with Gasteiger partial charge in [0.2, 0.25) is 0 Å². The number of amides is 1. The van der Waals surface area contributed by atoms with Crippen molar-refractivity contribution in [3.05, 3.63) is 63.6 Å². The standard InChI is InChI=1S/C14H15N3O2/c1-9-10(3-2-4-12(9)15)7-17-14(19)11-8-16-6-5-13(11)18/h2-6,8H,7,15H2,1H3,(H,16,18)(H,17,19). The van der Waals surface area contributed by atoms with Crippen LogP contribution in [0.4, 0.5) is 5.69 Å². The minimum Gasteiger partial charge on any atom is -0.399 e. The fraction of sp³-hybridized carbons (Fsp3) is 0.143. The van der Waals surface area contributed by atoms with Crippen LogP contribution in [0.15, 0.2) is 41.5 Å². The first-order chi connectivity index (χ1) is 9.09. The molecule has 0 fully saturated rings. The predicted octanol–water partition coefficient (Wildman–Crippen LogP) is 1.20. The van der Waals surface area contributed by atoms with Crippen molar-refractivity contribution >= 4 is 11.6 Å². The van der Waals surface area contributed by atoms with Crippen molar-refractivity contribution in [2.24, 2.45) is 0 Å². The maximum Gasteiger partial charge on any atom is 0.257 e. The van der Waals surface area contributed by atoms with Gasteiger partial charge in [-0.05, 0) is 24.1 Å². The third kappa shape index (κ3) is 2.82. The predicted molar refractivity (Wildman–Crippen MR) is 73.8 cm³/mol. The van der Waals surface area contributed by atoms with Gasteiger partial charge in [-0.15, -0.1) is 0 Å². The van der Waals surface area contributed by atoms with Crippen LogP contribution in [-0.4, -0.2) is 10.9 Å². The van der Waals surface area contributed by atoms with Gasteiger partial charge in [0.1, 0.15) is 5.56 Å². The summed E-state index contributed by atoms with van der Waals surface area (Å²) in [6.45, 7) is 2.23. The molecule has 0 saturated heterocycles. The Morgan fingerprint density at radius 1 is 1.37 bits per heavy atom. The molecule has 0 aliphatic heterocycles. The molecule has 0 saturated carbocycles. The van der Waals surface area contributed by atoms with Gasteiger partial charge in [-0.3, -0.25) is 9.59 Å². The zero-order valence-corrected chi connectivity index (χ0v) is 10.6. The molecule has 1 aromatic heterocycles. The van der Waals surface area contributed by atoms with E-state index in [0.717, 1.165) is 11.1 Å². The molecule has 1 heterocycles. The van der Waals surface area contributed by atoms with E-state index in [-0.39, 0.29) is 11.0 Å². The second-order valence-electron chi connectivity index (χ2n) is 4.24. The molecule has 1 aromatic carbocycles. The molecule has 5 nitrogen and oxygen atoms in total. The van der Waals surface area contributed by atoms with Crippen LogP contribution in [0.25, 0.3) is 0 Å². The molecular formula is C14H15N3O2. The highest BCUT2D eigenvalue weighted by molar-refractivity contribution is 5.93. The quantitative estimate of drug-likeness (QED) is 0.722. The second kappa shape index (κ2) is 5.39. The maximum atomic E-state index is 11.9. The van der Waals surface area contributed by atoms with Crippen LogP contribution in [0, 0.1) is 6.92 Å². The van der Waals surface area contributed by atoms with Crippen LogP contribution in [0.2, 0.25) is 0 Å². The fourth-order valence-electron chi connectivity index (χ4n) is 1.76. The fourth-order valence-corrected chi connectivity index (χ4v) is 1.76. The van der Waals surface area contributed by atoms with E-state index in [2.05, 4.69) is 10.3 Å². The van der Waals surface area contributed by atoms with Gasteiger partial charge in [-0.1, -0.05) is 12.1 Å². The van der Waals surface area contributed by atoms with E-state index in [1.807, 2.05) is 25.1 Å². The van der Waals surface area contributed by atoms with E-state index in [1.165, 1.54) is 18.5 Å². The number of pyridine rings is 1. The minimum atomic E-state index is -0.399. The molecule has 2 rings (SSSR count). The molecule has 0 spiro atoms. The van der Waals surface area contributed by atoms with Crippen LogP contribution in [-0.2, 0) is 6.54 Å². The Morgan fingerprint density at radius 3 is 2.89 bits per heavy atom. The Balaban J connectivity index is 2.11. The number of carbonyl (C=O) groups is 1. The van der Waals surface area contributed by atoms with E-state index in [4.69, 9.17) is 5.73 Å². The monoisotopic (exact) mass is 257 g/mol. The molecule has 0 aliphatic carbocycles. The van der Waals surface area contributed by atoms with Crippen LogP contribution >= 0.6 is 0 Å². The normalized spacial score (nSPS) is 10.2. The highest BCUT2D eigenvalue weighted by atomic mass is 16.2. The average molecular weight is 257 g/mol. The number of nitrogen functional groups attached to an aromatic ring is 1. The zero-order chi connectivity index (χ0) is 13.8. The lowest BCUT2D eigenvalue weighted by molar-refractivity contribution is 0.0949. The number of anilines is 1. The summed E-state index contributed by atoms with van der Waals surface area (Å²) in [6, 6.07) is 6.85. The Hall–Kier alpha value is -2.56. The molecule has 5 heteroatoms. The van der Waals surface area contributed by atoms with Crippen molar-refractivity contribution in [3.63, 3.8) is 0 Å². The van der Waals surface area contributed by atoms with E-state index in [0.29, 0.717) is 12.2 Å². The third-order valence-corrected chi connectivity index (χ3v) is 3.00. The Labute approximate surface area is 110 Å². The van der Waals surface area contributed by atoms with E-state index in [1.54, 1.807) is 0 Å². The lowest BCUT2D eigenvalue weighted by Crippen LogP contribution is -2.28. The minimum absolute atomic E-state index is 0.101. The van der Waals surface area contributed by atoms with Crippen molar-refractivity contribution in [2.45, 2.75) is 13.5 Å². The Bertz CT molecular complexity index is 662. The number of aromatic nitrogens is 1. The zero-order valence-electron chi connectivity index (χ0n) is 10.6. The SMILES string of the molecule is Cc1c(N)cccc1CNC(=O)c1c[nH]ccc1=O. The number of rotatable bonds is 3. The molecule has 0 aliphatic rings. The van der Waals surface area contributed by atoms with Crippen molar-refractivity contribution in [3.8, 4) is 0 Å². The van der Waals surface area contributed by atoms with Crippen LogP contribution in [0.3, 0.4) is 0 Å². The Kier molecular flexibility index (Phi) is 3.66. The van der Waals surface area contributed by atoms with Gasteiger partial charge in [-0.25, -0.2) is 0 Å². The van der Waals surface area contributed by atoms with Crippen molar-refractivity contribution in [1.82, 2.24) is 10.3 Å². The summed E-state index contributed by atoms with van der Waals surface area (Å²) in [5.74, 6) is -0.399. The number of aromatic amines is 1. The summed E-state index contributed by atoms with van der Waals surface area (Å²) >= 11 is 0. The van der Waals surface area contributed by atoms with Gasteiger partial charge in [0.25, 0.3) is 5.91 Å². The lowest BCUT2D eigenvalue weighted by Gasteiger charge is -2.09. The van der Waals surface area contributed by atoms with Crippen molar-refractivity contribution in [1.29, 1.82) is 0 Å². The highest BCUT2D eigenvalue weighted by Gasteiger charge is 2.09. The molecule has 0 radical (unpaired) electrons. The number of H-pyrrole nitrogens is 1. The average Bonchev–Trinajstić information content (AvgIpc) is 2.40. The van der Waals surface area contributed by atoms with Gasteiger partial charge in [0, 0.05) is 30.7 Å². The van der Waals surface area contributed by atoms with Crippen LogP contribution in [0.5, 0.6) is 0 Å². The van der Waals surface area contributed by atoms with Gasteiger partial charge in [0.05, 0.1) is 0 Å². The summed E-state index contributed by atoms with van der Waals surface area (Å²) in [5, 5.41) is 2.71. The first kappa shape index (κ1) is 12.9. The molecule has 98 valence electrons. The summed E-state index contributed by atoms with van der Waals surface area (Å²) in [7, 11) is 0. The number of hydrogen-bond donors (Lipinski definition) is 3. The first-order valence-electron chi connectivity index (χ1n) is 5.89. The highest BCUT2D eigenvalue weighted by Crippen LogP contribution is 2.15. The first-order valence-corrected chi connectivity index (χ1v) is 5.89. The lowest BCUT2D eigenvalue weighted by atomic mass is 10.1. The summed E-state index contributed by atoms with van der Waals surface area (Å²) in [4.78, 5) is 26.1. The number of hydrogen-bond acceptors (Lipinski definition) is 3. The van der Waals surface area contributed by atoms with Crippen molar-refractivity contribution in [2.75, 3.05) is 5.73 Å². The molecule has 1 amide bonds. The number of benzene rings is 1. The molecule has 0 bridgehead atoms. The van der Waals surface area contributed by atoms with Gasteiger partial charge in [-0.2, -0.15) is 0 Å². The second-order valence-corrected chi connectivity index (χ2v) is 4.24. The van der Waals surface area contributed by atoms with Gasteiger partial charge < -0.3 is 16.0 Å². The molecule has 0 atom stereocenters.